The van der Waals surface area contributed by atoms with Gasteiger partial charge in [0.05, 0.1) is 12.3 Å². The summed E-state index contributed by atoms with van der Waals surface area (Å²) in [6.45, 7) is 6.14. The van der Waals surface area contributed by atoms with Gasteiger partial charge in [-0.3, -0.25) is 0 Å². The minimum absolute atomic E-state index is 0.208. The predicted molar refractivity (Wildman–Crippen MR) is 77.4 cm³/mol. The maximum absolute atomic E-state index is 11.9. The summed E-state index contributed by atoms with van der Waals surface area (Å²) in [5.74, 6) is -0.480. The predicted octanol–water partition coefficient (Wildman–Crippen LogP) is 2.98. The smallest absolute Gasteiger partial charge is 0.343 e. The van der Waals surface area contributed by atoms with Crippen LogP contribution >= 0.6 is 11.3 Å². The molecule has 0 aromatic carbocycles. The summed E-state index contributed by atoms with van der Waals surface area (Å²) in [5.41, 5.74) is 6.35. The number of nitrogens with one attached hydrogen (secondary N) is 1. The Hall–Kier alpha value is -1.74. The zero-order valence-electron chi connectivity index (χ0n) is 11.4. The minimum atomic E-state index is -0.480. The lowest BCUT2D eigenvalue weighted by molar-refractivity contribution is 0.0529. The Morgan fingerprint density at radius 2 is 2.11 bits per heavy atom. The van der Waals surface area contributed by atoms with Crippen LogP contribution in [-0.2, 0) is 4.74 Å². The maximum atomic E-state index is 11.9. The van der Waals surface area contributed by atoms with Crippen LogP contribution in [0.1, 0.15) is 48.8 Å². The number of rotatable bonds is 6. The van der Waals surface area contributed by atoms with Crippen molar-refractivity contribution in [2.24, 2.45) is 0 Å². The molecule has 19 heavy (non-hydrogen) atoms. The Morgan fingerprint density at radius 3 is 2.58 bits per heavy atom. The van der Waals surface area contributed by atoms with E-state index in [9.17, 15) is 4.79 Å². The lowest BCUT2D eigenvalue weighted by Crippen LogP contribution is -2.18. The van der Waals surface area contributed by atoms with Crippen molar-refractivity contribution in [3.8, 4) is 6.07 Å². The van der Waals surface area contributed by atoms with Gasteiger partial charge in [0.2, 0.25) is 0 Å². The third-order valence-electron chi connectivity index (χ3n) is 2.85. The lowest BCUT2D eigenvalue weighted by Gasteiger charge is -2.15. The van der Waals surface area contributed by atoms with Crippen LogP contribution in [0.2, 0.25) is 0 Å². The highest BCUT2D eigenvalue weighted by atomic mass is 32.1. The van der Waals surface area contributed by atoms with Crippen LogP contribution in [0.15, 0.2) is 0 Å². The van der Waals surface area contributed by atoms with Gasteiger partial charge in [-0.2, -0.15) is 5.26 Å². The van der Waals surface area contributed by atoms with E-state index in [1.165, 1.54) is 11.3 Å². The molecule has 5 nitrogen and oxygen atoms in total. The van der Waals surface area contributed by atoms with Crippen LogP contribution in [0.3, 0.4) is 0 Å². The summed E-state index contributed by atoms with van der Waals surface area (Å²) in [7, 11) is 0. The largest absolute Gasteiger partial charge is 0.462 e. The van der Waals surface area contributed by atoms with E-state index in [4.69, 9.17) is 15.7 Å². The Morgan fingerprint density at radius 1 is 1.47 bits per heavy atom. The number of carbonyl (C=O) groups is 1. The van der Waals surface area contributed by atoms with Gasteiger partial charge < -0.3 is 15.8 Å². The normalized spacial score (nSPS) is 10.3. The summed E-state index contributed by atoms with van der Waals surface area (Å²) in [4.78, 5) is 12.3. The van der Waals surface area contributed by atoms with Crippen LogP contribution in [-0.4, -0.2) is 18.6 Å². The van der Waals surface area contributed by atoms with E-state index in [-0.39, 0.29) is 23.9 Å². The molecule has 0 spiro atoms. The van der Waals surface area contributed by atoms with Crippen LogP contribution in [0.5, 0.6) is 0 Å². The molecule has 1 aromatic rings. The second-order valence-corrected chi connectivity index (χ2v) is 5.06. The quantitative estimate of drug-likeness (QED) is 0.783. The number of nitriles is 1. The van der Waals surface area contributed by atoms with Crippen molar-refractivity contribution in [3.63, 3.8) is 0 Å². The molecule has 0 aliphatic heterocycles. The molecule has 0 radical (unpaired) electrons. The third kappa shape index (κ3) is 3.38. The number of ether oxygens (including phenoxy) is 1. The average molecular weight is 281 g/mol. The summed E-state index contributed by atoms with van der Waals surface area (Å²) in [6, 6.07) is 2.26. The van der Waals surface area contributed by atoms with Gasteiger partial charge in [-0.1, -0.05) is 13.8 Å². The highest BCUT2D eigenvalue weighted by Crippen LogP contribution is 2.36. The number of nitrogen functional groups attached to an aromatic ring is 1. The molecule has 0 saturated heterocycles. The Labute approximate surface area is 117 Å². The highest BCUT2D eigenvalue weighted by Gasteiger charge is 2.24. The summed E-state index contributed by atoms with van der Waals surface area (Å²) < 4.78 is 4.99. The number of carbonyl (C=O) groups excluding carboxylic acids is 1. The van der Waals surface area contributed by atoms with E-state index < -0.39 is 5.97 Å². The van der Waals surface area contributed by atoms with Gasteiger partial charge in [-0.05, 0) is 19.8 Å². The topological polar surface area (TPSA) is 88.1 Å². The van der Waals surface area contributed by atoms with E-state index in [2.05, 4.69) is 19.2 Å². The number of thiophene rings is 1. The van der Waals surface area contributed by atoms with Gasteiger partial charge in [0.25, 0.3) is 0 Å². The van der Waals surface area contributed by atoms with E-state index in [0.717, 1.165) is 12.8 Å². The highest BCUT2D eigenvalue weighted by molar-refractivity contribution is 7.17. The van der Waals surface area contributed by atoms with Gasteiger partial charge in [-0.25, -0.2) is 4.79 Å². The Balaban J connectivity index is 3.15. The zero-order chi connectivity index (χ0) is 14.4. The molecule has 104 valence electrons. The first-order chi connectivity index (χ1) is 9.08. The van der Waals surface area contributed by atoms with Crippen LogP contribution < -0.4 is 11.1 Å². The molecule has 0 unspecified atom stereocenters. The van der Waals surface area contributed by atoms with E-state index >= 15 is 0 Å². The van der Waals surface area contributed by atoms with Gasteiger partial charge in [-0.15, -0.1) is 11.3 Å². The molecule has 0 aliphatic carbocycles. The number of hydrogen-bond acceptors (Lipinski definition) is 6. The first-order valence-corrected chi connectivity index (χ1v) is 7.16. The second-order valence-electron chi connectivity index (χ2n) is 4.04. The molecule has 0 fully saturated rings. The van der Waals surface area contributed by atoms with Gasteiger partial charge >= 0.3 is 5.97 Å². The fourth-order valence-electron chi connectivity index (χ4n) is 1.71. The monoisotopic (exact) mass is 281 g/mol. The maximum Gasteiger partial charge on any atom is 0.343 e. The molecular weight excluding hydrogens is 262 g/mol. The third-order valence-corrected chi connectivity index (χ3v) is 3.89. The molecule has 0 amide bonds. The number of anilines is 2. The van der Waals surface area contributed by atoms with Crippen molar-refractivity contribution in [1.29, 1.82) is 5.26 Å². The number of hydrogen-bond donors (Lipinski definition) is 2. The molecule has 0 saturated carbocycles. The second kappa shape index (κ2) is 7.00. The van der Waals surface area contributed by atoms with Crippen LogP contribution in [0.4, 0.5) is 10.7 Å². The van der Waals surface area contributed by atoms with Gasteiger partial charge in [0.1, 0.15) is 21.5 Å². The zero-order valence-corrected chi connectivity index (χ0v) is 12.3. The van der Waals surface area contributed by atoms with Gasteiger partial charge in [0.15, 0.2) is 0 Å². The molecule has 1 heterocycles. The molecule has 0 bridgehead atoms. The Bertz CT molecular complexity index is 487. The minimum Gasteiger partial charge on any atom is -0.462 e. The SMILES string of the molecule is CCOC(=O)c1c(NC(CC)CC)sc(C#N)c1N. The van der Waals surface area contributed by atoms with Crippen LogP contribution in [0.25, 0.3) is 0 Å². The van der Waals surface area contributed by atoms with E-state index in [1.54, 1.807) is 6.92 Å². The molecule has 0 aliphatic rings. The number of esters is 1. The molecule has 1 aromatic heterocycles. The summed E-state index contributed by atoms with van der Waals surface area (Å²) in [6.07, 6.45) is 1.86. The fraction of sp³-hybridized carbons (Fsp3) is 0.538. The first kappa shape index (κ1) is 15.3. The van der Waals surface area contributed by atoms with Crippen molar-refractivity contribution < 1.29 is 9.53 Å². The molecule has 3 N–H and O–H groups in total. The molecule has 1 rings (SSSR count). The van der Waals surface area contributed by atoms with Crippen molar-refractivity contribution in [3.05, 3.63) is 10.4 Å². The van der Waals surface area contributed by atoms with Crippen LogP contribution in [0, 0.1) is 11.3 Å². The standard InChI is InChI=1S/C13H19N3O2S/c1-4-8(5-2)16-12-10(13(17)18-6-3)11(15)9(7-14)19-12/h8,16H,4-6,15H2,1-3H3. The summed E-state index contributed by atoms with van der Waals surface area (Å²) >= 11 is 1.20. The lowest BCUT2D eigenvalue weighted by atomic mass is 10.1. The number of nitrogens with two attached hydrogens (primary N) is 1. The van der Waals surface area contributed by atoms with Crippen molar-refractivity contribution in [2.75, 3.05) is 17.7 Å². The summed E-state index contributed by atoms with van der Waals surface area (Å²) in [5, 5.41) is 12.9. The molecule has 6 heteroatoms. The molecule has 0 atom stereocenters. The number of nitrogens with zero attached hydrogens (tertiary/aromatic N) is 1. The van der Waals surface area contributed by atoms with Gasteiger partial charge in [0, 0.05) is 6.04 Å². The average Bonchev–Trinajstić information content (AvgIpc) is 2.72. The molecular formula is C13H19N3O2S. The Kier molecular flexibility index (Phi) is 5.64. The fourth-order valence-corrected chi connectivity index (χ4v) is 2.70. The van der Waals surface area contributed by atoms with E-state index in [0.29, 0.717) is 9.88 Å². The van der Waals surface area contributed by atoms with Crippen molar-refractivity contribution in [2.45, 2.75) is 39.7 Å². The van der Waals surface area contributed by atoms with Crippen molar-refractivity contribution >= 4 is 28.0 Å². The van der Waals surface area contributed by atoms with E-state index in [1.807, 2.05) is 6.07 Å². The van der Waals surface area contributed by atoms with Crippen molar-refractivity contribution in [1.82, 2.24) is 0 Å². The first-order valence-electron chi connectivity index (χ1n) is 6.34.